The maximum atomic E-state index is 12.3. The molecule has 0 aliphatic rings. The van der Waals surface area contributed by atoms with Crippen molar-refractivity contribution in [1.29, 1.82) is 0 Å². The first-order valence-electron chi connectivity index (χ1n) is 10.2. The van der Waals surface area contributed by atoms with Gasteiger partial charge in [-0.15, -0.1) is 0 Å². The van der Waals surface area contributed by atoms with Gasteiger partial charge in [0.2, 0.25) is 15.9 Å². The van der Waals surface area contributed by atoms with Crippen LogP contribution in [-0.4, -0.2) is 47.9 Å². The standard InChI is InChI=1S/C21H36N2O5S/c1-6-8-10-17(7-2)16-22-21(24)11-9-14-23(29(5,25)26)18-12-13-19(27-3)20(15-18)28-4/h12-13,15,17H,6-11,14,16H2,1-5H3,(H,22,24)/t17-/m0/s1. The second-order valence-corrected chi connectivity index (χ2v) is 9.11. The number of sulfonamides is 1. The van der Waals surface area contributed by atoms with E-state index in [0.717, 1.165) is 25.5 Å². The maximum Gasteiger partial charge on any atom is 0.232 e. The smallest absolute Gasteiger partial charge is 0.232 e. The lowest BCUT2D eigenvalue weighted by molar-refractivity contribution is -0.121. The Kier molecular flexibility index (Phi) is 10.9. The number of unbranched alkanes of at least 4 members (excludes halogenated alkanes) is 1. The zero-order valence-electron chi connectivity index (χ0n) is 18.4. The number of nitrogens with zero attached hydrogens (tertiary/aromatic N) is 1. The molecular formula is C21H36N2O5S. The van der Waals surface area contributed by atoms with E-state index in [9.17, 15) is 13.2 Å². The summed E-state index contributed by atoms with van der Waals surface area (Å²) < 4.78 is 36.3. The summed E-state index contributed by atoms with van der Waals surface area (Å²) in [4.78, 5) is 12.2. The van der Waals surface area contributed by atoms with Gasteiger partial charge in [0.25, 0.3) is 0 Å². The Hall–Kier alpha value is -1.96. The molecule has 0 aliphatic carbocycles. The Morgan fingerprint density at radius 2 is 1.83 bits per heavy atom. The molecule has 0 radical (unpaired) electrons. The highest BCUT2D eigenvalue weighted by molar-refractivity contribution is 7.92. The molecule has 0 aromatic heterocycles. The quantitative estimate of drug-likeness (QED) is 0.489. The van der Waals surface area contributed by atoms with Crippen LogP contribution in [0.2, 0.25) is 0 Å². The zero-order valence-corrected chi connectivity index (χ0v) is 19.2. The lowest BCUT2D eigenvalue weighted by Crippen LogP contribution is -2.33. The summed E-state index contributed by atoms with van der Waals surface area (Å²) in [6.07, 6.45) is 6.35. The fourth-order valence-corrected chi connectivity index (χ4v) is 4.10. The third kappa shape index (κ3) is 8.51. The van der Waals surface area contributed by atoms with E-state index < -0.39 is 10.0 Å². The molecule has 0 saturated heterocycles. The zero-order chi connectivity index (χ0) is 21.9. The van der Waals surface area contributed by atoms with Crippen molar-refractivity contribution < 1.29 is 22.7 Å². The van der Waals surface area contributed by atoms with E-state index in [0.29, 0.717) is 36.1 Å². The monoisotopic (exact) mass is 428 g/mol. The van der Waals surface area contributed by atoms with Gasteiger partial charge in [0.15, 0.2) is 11.5 Å². The van der Waals surface area contributed by atoms with E-state index in [4.69, 9.17) is 9.47 Å². The van der Waals surface area contributed by atoms with Crippen molar-refractivity contribution in [2.75, 3.05) is 37.9 Å². The SMILES string of the molecule is CCCC[C@H](CC)CNC(=O)CCCN(c1ccc(OC)c(OC)c1)S(C)(=O)=O. The Labute approximate surface area is 175 Å². The second kappa shape index (κ2) is 12.6. The number of methoxy groups -OCH3 is 2. The summed E-state index contributed by atoms with van der Waals surface area (Å²) in [5.41, 5.74) is 0.483. The fraction of sp³-hybridized carbons (Fsp3) is 0.667. The molecule has 166 valence electrons. The van der Waals surface area contributed by atoms with Gasteiger partial charge in [-0.3, -0.25) is 9.10 Å². The minimum absolute atomic E-state index is 0.0410. The number of ether oxygens (including phenoxy) is 2. The predicted octanol–water partition coefficient (Wildman–Crippen LogP) is 3.58. The predicted molar refractivity (Wildman–Crippen MR) is 117 cm³/mol. The number of nitrogens with one attached hydrogen (secondary N) is 1. The molecule has 1 amide bonds. The van der Waals surface area contributed by atoms with Crippen LogP contribution < -0.4 is 19.1 Å². The van der Waals surface area contributed by atoms with Gasteiger partial charge < -0.3 is 14.8 Å². The van der Waals surface area contributed by atoms with Crippen molar-refractivity contribution in [3.8, 4) is 11.5 Å². The van der Waals surface area contributed by atoms with Gasteiger partial charge in [0.05, 0.1) is 26.2 Å². The van der Waals surface area contributed by atoms with Crippen molar-refractivity contribution in [3.05, 3.63) is 18.2 Å². The molecule has 0 spiro atoms. The number of carbonyl (C=O) groups excluding carboxylic acids is 1. The van der Waals surface area contributed by atoms with Crippen LogP contribution in [0, 0.1) is 5.92 Å². The van der Waals surface area contributed by atoms with Crippen LogP contribution in [0.1, 0.15) is 52.4 Å². The molecule has 7 nitrogen and oxygen atoms in total. The van der Waals surface area contributed by atoms with Gasteiger partial charge in [-0.1, -0.05) is 33.1 Å². The summed E-state index contributed by atoms with van der Waals surface area (Å²) in [5.74, 6) is 1.44. The van der Waals surface area contributed by atoms with Gasteiger partial charge >= 0.3 is 0 Å². The van der Waals surface area contributed by atoms with E-state index in [-0.39, 0.29) is 18.9 Å². The highest BCUT2D eigenvalue weighted by Gasteiger charge is 2.19. The number of benzene rings is 1. The molecule has 1 N–H and O–H groups in total. The molecule has 1 aromatic rings. The van der Waals surface area contributed by atoms with Gasteiger partial charge in [-0.25, -0.2) is 8.42 Å². The van der Waals surface area contributed by atoms with Gasteiger partial charge in [0, 0.05) is 25.6 Å². The summed E-state index contributed by atoms with van der Waals surface area (Å²) in [6.45, 7) is 5.20. The lowest BCUT2D eigenvalue weighted by atomic mass is 9.99. The molecule has 1 atom stereocenters. The fourth-order valence-electron chi connectivity index (χ4n) is 3.14. The number of hydrogen-bond acceptors (Lipinski definition) is 5. The van der Waals surface area contributed by atoms with Gasteiger partial charge in [0.1, 0.15) is 0 Å². The Morgan fingerprint density at radius 3 is 2.38 bits per heavy atom. The Bertz CT molecular complexity index is 737. The summed E-state index contributed by atoms with van der Waals surface area (Å²) >= 11 is 0. The van der Waals surface area contributed by atoms with Crippen molar-refractivity contribution in [2.45, 2.75) is 52.4 Å². The molecule has 1 rings (SSSR count). The number of anilines is 1. The van der Waals surface area contributed by atoms with Crippen LogP contribution in [0.5, 0.6) is 11.5 Å². The maximum absolute atomic E-state index is 12.3. The Morgan fingerprint density at radius 1 is 1.14 bits per heavy atom. The number of carbonyl (C=O) groups is 1. The topological polar surface area (TPSA) is 84.9 Å². The van der Waals surface area contributed by atoms with Crippen LogP contribution in [0.4, 0.5) is 5.69 Å². The number of rotatable bonds is 14. The molecule has 0 unspecified atom stereocenters. The average molecular weight is 429 g/mol. The van der Waals surface area contributed by atoms with E-state index in [1.54, 1.807) is 18.2 Å². The van der Waals surface area contributed by atoms with Crippen molar-refractivity contribution >= 4 is 21.6 Å². The van der Waals surface area contributed by atoms with Crippen LogP contribution in [-0.2, 0) is 14.8 Å². The molecule has 8 heteroatoms. The Balaban J connectivity index is 2.67. The van der Waals surface area contributed by atoms with Crippen molar-refractivity contribution in [2.24, 2.45) is 5.92 Å². The van der Waals surface area contributed by atoms with Crippen LogP contribution in [0.25, 0.3) is 0 Å². The first kappa shape index (κ1) is 25.1. The molecule has 0 heterocycles. The average Bonchev–Trinajstić information content (AvgIpc) is 2.69. The van der Waals surface area contributed by atoms with Crippen LogP contribution in [0.3, 0.4) is 0 Å². The highest BCUT2D eigenvalue weighted by Crippen LogP contribution is 2.32. The van der Waals surface area contributed by atoms with Gasteiger partial charge in [-0.05, 0) is 30.9 Å². The summed E-state index contributed by atoms with van der Waals surface area (Å²) in [7, 11) is -0.471. The van der Waals surface area contributed by atoms with E-state index >= 15 is 0 Å². The molecule has 0 aliphatic heterocycles. The first-order valence-corrected chi connectivity index (χ1v) is 12.1. The van der Waals surface area contributed by atoms with Crippen molar-refractivity contribution in [3.63, 3.8) is 0 Å². The largest absolute Gasteiger partial charge is 0.493 e. The molecule has 0 fully saturated rings. The number of hydrogen-bond donors (Lipinski definition) is 1. The van der Waals surface area contributed by atoms with E-state index in [2.05, 4.69) is 19.2 Å². The van der Waals surface area contributed by atoms with E-state index in [1.165, 1.54) is 24.9 Å². The lowest BCUT2D eigenvalue weighted by Gasteiger charge is -2.23. The van der Waals surface area contributed by atoms with Crippen molar-refractivity contribution in [1.82, 2.24) is 5.32 Å². The highest BCUT2D eigenvalue weighted by atomic mass is 32.2. The molecule has 0 saturated carbocycles. The molecule has 1 aromatic carbocycles. The van der Waals surface area contributed by atoms with Crippen LogP contribution >= 0.6 is 0 Å². The molecular weight excluding hydrogens is 392 g/mol. The summed E-state index contributed by atoms with van der Waals surface area (Å²) in [5, 5.41) is 2.98. The third-order valence-corrected chi connectivity index (χ3v) is 6.15. The normalized spacial score (nSPS) is 12.3. The minimum Gasteiger partial charge on any atom is -0.493 e. The van der Waals surface area contributed by atoms with E-state index in [1.807, 2.05) is 0 Å². The minimum atomic E-state index is -3.50. The number of amides is 1. The third-order valence-electron chi connectivity index (χ3n) is 4.95. The van der Waals surface area contributed by atoms with Gasteiger partial charge in [-0.2, -0.15) is 0 Å². The summed E-state index contributed by atoms with van der Waals surface area (Å²) in [6, 6.07) is 4.96. The van der Waals surface area contributed by atoms with Crippen LogP contribution in [0.15, 0.2) is 18.2 Å². The molecule has 0 bridgehead atoms. The second-order valence-electron chi connectivity index (χ2n) is 7.20. The first-order chi connectivity index (χ1) is 13.8. The molecule has 29 heavy (non-hydrogen) atoms.